The lowest BCUT2D eigenvalue weighted by Crippen LogP contribution is -2.61. The van der Waals surface area contributed by atoms with E-state index in [1.54, 1.807) is 24.3 Å². The SMILES string of the molecule is COC(=O)C1(C(=O)OC)[C@@H]2C(=O)c3ccccc3O[C@H]2OC12CCCCCC2. The quantitative estimate of drug-likeness (QED) is 0.568. The normalized spacial score (nSPS) is 27.1. The van der Waals surface area contributed by atoms with Crippen molar-refractivity contribution in [2.24, 2.45) is 11.3 Å². The summed E-state index contributed by atoms with van der Waals surface area (Å²) in [7, 11) is 2.43. The first kappa shape index (κ1) is 18.9. The van der Waals surface area contributed by atoms with Gasteiger partial charge < -0.3 is 18.9 Å². The topological polar surface area (TPSA) is 88.1 Å². The van der Waals surface area contributed by atoms with E-state index in [0.29, 0.717) is 24.2 Å². The van der Waals surface area contributed by atoms with Crippen molar-refractivity contribution < 1.29 is 33.3 Å². The molecule has 0 N–H and O–H groups in total. The number of fused-ring (bicyclic) bond motifs is 2. The number of ether oxygens (including phenoxy) is 4. The monoisotopic (exact) mass is 388 g/mol. The number of hydrogen-bond acceptors (Lipinski definition) is 7. The Kier molecular flexibility index (Phi) is 4.65. The minimum Gasteiger partial charge on any atom is -0.468 e. The van der Waals surface area contributed by atoms with E-state index in [1.165, 1.54) is 14.2 Å². The Morgan fingerprint density at radius 3 is 2.21 bits per heavy atom. The van der Waals surface area contributed by atoms with E-state index in [2.05, 4.69) is 0 Å². The fourth-order valence-corrected chi connectivity index (χ4v) is 5.19. The second-order valence-electron chi connectivity index (χ2n) is 7.64. The summed E-state index contributed by atoms with van der Waals surface area (Å²) >= 11 is 0. The van der Waals surface area contributed by atoms with Crippen LogP contribution in [-0.2, 0) is 23.8 Å². The Labute approximate surface area is 163 Å². The number of hydrogen-bond donors (Lipinski definition) is 0. The van der Waals surface area contributed by atoms with Crippen LogP contribution in [0.4, 0.5) is 0 Å². The molecule has 1 saturated heterocycles. The van der Waals surface area contributed by atoms with Gasteiger partial charge in [-0.2, -0.15) is 0 Å². The van der Waals surface area contributed by atoms with E-state index in [9.17, 15) is 14.4 Å². The van der Waals surface area contributed by atoms with Gasteiger partial charge >= 0.3 is 11.9 Å². The number of carbonyl (C=O) groups excluding carboxylic acids is 3. The minimum absolute atomic E-state index is 0.329. The Bertz CT molecular complexity index is 791. The maximum atomic E-state index is 13.5. The molecule has 2 atom stereocenters. The molecule has 1 spiro atoms. The van der Waals surface area contributed by atoms with Gasteiger partial charge in [-0.3, -0.25) is 14.4 Å². The molecule has 28 heavy (non-hydrogen) atoms. The van der Waals surface area contributed by atoms with Crippen LogP contribution in [0.15, 0.2) is 24.3 Å². The summed E-state index contributed by atoms with van der Waals surface area (Å²) in [6.45, 7) is 0. The molecule has 0 unspecified atom stereocenters. The van der Waals surface area contributed by atoms with Crippen LogP contribution in [0.25, 0.3) is 0 Å². The first-order chi connectivity index (χ1) is 13.5. The molecule has 2 aliphatic heterocycles. The molecule has 0 aromatic heterocycles. The third-order valence-electron chi connectivity index (χ3n) is 6.40. The molecule has 0 radical (unpaired) electrons. The van der Waals surface area contributed by atoms with Crippen LogP contribution in [0, 0.1) is 11.3 Å². The minimum atomic E-state index is -1.89. The molecule has 3 aliphatic rings. The van der Waals surface area contributed by atoms with Crippen LogP contribution in [0.3, 0.4) is 0 Å². The first-order valence-corrected chi connectivity index (χ1v) is 9.66. The molecule has 1 aromatic rings. The standard InChI is InChI=1S/C21H24O7/c1-25-18(23)21(19(24)26-2)15-16(22)13-9-5-6-10-14(13)27-17(15)28-20(21)11-7-3-4-8-12-20/h5-6,9-10,15,17H,3-4,7-8,11-12H2,1-2H3/t15-,17+/m1/s1. The molecule has 4 rings (SSSR count). The highest BCUT2D eigenvalue weighted by Crippen LogP contribution is 2.60. The largest absolute Gasteiger partial charge is 0.468 e. The van der Waals surface area contributed by atoms with Crippen LogP contribution >= 0.6 is 0 Å². The average molecular weight is 388 g/mol. The average Bonchev–Trinajstić information content (AvgIpc) is 2.82. The third kappa shape index (κ3) is 2.35. The van der Waals surface area contributed by atoms with Gasteiger partial charge in [0.15, 0.2) is 5.78 Å². The molecule has 1 saturated carbocycles. The number of Topliss-reactive ketones (excluding diaryl/α,β-unsaturated/α-hetero) is 1. The second kappa shape index (κ2) is 6.88. The predicted octanol–water partition coefficient (Wildman–Crippen LogP) is 2.66. The van der Waals surface area contributed by atoms with Gasteiger partial charge in [0.05, 0.1) is 19.8 Å². The van der Waals surface area contributed by atoms with E-state index in [-0.39, 0.29) is 5.78 Å². The summed E-state index contributed by atoms with van der Waals surface area (Å²) in [5.41, 5.74) is -2.76. The number of para-hydroxylation sites is 1. The lowest BCUT2D eigenvalue weighted by Gasteiger charge is -2.41. The van der Waals surface area contributed by atoms with Gasteiger partial charge in [0, 0.05) is 0 Å². The molecular formula is C21H24O7. The van der Waals surface area contributed by atoms with Crippen molar-refractivity contribution >= 4 is 17.7 Å². The molecule has 1 aliphatic carbocycles. The van der Waals surface area contributed by atoms with Crippen molar-refractivity contribution in [1.82, 2.24) is 0 Å². The number of benzene rings is 1. The maximum Gasteiger partial charge on any atom is 0.327 e. The molecule has 150 valence electrons. The van der Waals surface area contributed by atoms with Crippen LogP contribution in [0.5, 0.6) is 5.75 Å². The van der Waals surface area contributed by atoms with Crippen molar-refractivity contribution in [3.63, 3.8) is 0 Å². The van der Waals surface area contributed by atoms with Gasteiger partial charge in [-0.15, -0.1) is 0 Å². The Hall–Kier alpha value is -2.41. The molecule has 7 nitrogen and oxygen atoms in total. The van der Waals surface area contributed by atoms with Crippen LogP contribution in [-0.4, -0.2) is 43.8 Å². The zero-order valence-electron chi connectivity index (χ0n) is 16.1. The van der Waals surface area contributed by atoms with Crippen LogP contribution in [0.2, 0.25) is 0 Å². The van der Waals surface area contributed by atoms with Gasteiger partial charge in [0.2, 0.25) is 11.7 Å². The van der Waals surface area contributed by atoms with E-state index in [0.717, 1.165) is 25.7 Å². The molecule has 0 bridgehead atoms. The maximum absolute atomic E-state index is 13.5. The molecule has 1 aromatic carbocycles. The summed E-state index contributed by atoms with van der Waals surface area (Å²) in [6.07, 6.45) is 3.35. The van der Waals surface area contributed by atoms with E-state index < -0.39 is 35.2 Å². The number of rotatable bonds is 2. The highest BCUT2D eigenvalue weighted by molar-refractivity contribution is 6.12. The molecule has 0 amide bonds. The van der Waals surface area contributed by atoms with Gasteiger partial charge in [-0.1, -0.05) is 37.8 Å². The summed E-state index contributed by atoms with van der Waals surface area (Å²) in [5, 5.41) is 0. The summed E-state index contributed by atoms with van der Waals surface area (Å²) in [5.74, 6) is -2.72. The number of esters is 2. The highest BCUT2D eigenvalue weighted by atomic mass is 16.7. The number of carbonyl (C=O) groups is 3. The molecule has 2 fully saturated rings. The molecular weight excluding hydrogens is 364 g/mol. The number of methoxy groups -OCH3 is 2. The van der Waals surface area contributed by atoms with E-state index in [1.807, 2.05) is 0 Å². The van der Waals surface area contributed by atoms with Crippen LogP contribution in [0.1, 0.15) is 48.9 Å². The lowest BCUT2D eigenvalue weighted by molar-refractivity contribution is -0.191. The van der Waals surface area contributed by atoms with E-state index >= 15 is 0 Å². The van der Waals surface area contributed by atoms with Crippen molar-refractivity contribution in [2.75, 3.05) is 14.2 Å². The summed E-state index contributed by atoms with van der Waals surface area (Å²) in [6, 6.07) is 6.79. The van der Waals surface area contributed by atoms with Crippen molar-refractivity contribution in [3.05, 3.63) is 29.8 Å². The zero-order chi connectivity index (χ0) is 19.9. The predicted molar refractivity (Wildman–Crippen MR) is 96.7 cm³/mol. The fourth-order valence-electron chi connectivity index (χ4n) is 5.19. The molecule has 2 heterocycles. The van der Waals surface area contributed by atoms with Gasteiger partial charge in [-0.25, -0.2) is 0 Å². The van der Waals surface area contributed by atoms with E-state index in [4.69, 9.17) is 18.9 Å². The van der Waals surface area contributed by atoms with Crippen molar-refractivity contribution in [2.45, 2.75) is 50.4 Å². The Morgan fingerprint density at radius 2 is 1.61 bits per heavy atom. The number of ketones is 1. The second-order valence-corrected chi connectivity index (χ2v) is 7.64. The lowest BCUT2D eigenvalue weighted by atomic mass is 9.60. The van der Waals surface area contributed by atoms with Crippen molar-refractivity contribution in [3.8, 4) is 5.75 Å². The third-order valence-corrected chi connectivity index (χ3v) is 6.40. The van der Waals surface area contributed by atoms with Gasteiger partial charge in [0.1, 0.15) is 17.3 Å². The Balaban J connectivity index is 1.94. The van der Waals surface area contributed by atoms with Gasteiger partial charge in [0.25, 0.3) is 0 Å². The summed E-state index contributed by atoms with van der Waals surface area (Å²) < 4.78 is 22.5. The summed E-state index contributed by atoms with van der Waals surface area (Å²) in [4.78, 5) is 39.9. The van der Waals surface area contributed by atoms with Crippen LogP contribution < -0.4 is 4.74 Å². The fraction of sp³-hybridized carbons (Fsp3) is 0.571. The zero-order valence-corrected chi connectivity index (χ0v) is 16.1. The highest BCUT2D eigenvalue weighted by Gasteiger charge is 2.78. The molecule has 7 heteroatoms. The Morgan fingerprint density at radius 1 is 1.00 bits per heavy atom. The smallest absolute Gasteiger partial charge is 0.327 e. The first-order valence-electron chi connectivity index (χ1n) is 9.66. The van der Waals surface area contributed by atoms with Crippen molar-refractivity contribution in [1.29, 1.82) is 0 Å². The van der Waals surface area contributed by atoms with Gasteiger partial charge in [-0.05, 0) is 25.0 Å².